The maximum Gasteiger partial charge on any atom is 0.295 e. The van der Waals surface area contributed by atoms with E-state index in [2.05, 4.69) is 0 Å². The number of hydrogen-bond donors (Lipinski definition) is 0. The zero-order valence-corrected chi connectivity index (χ0v) is 22.4. The van der Waals surface area contributed by atoms with Crippen molar-refractivity contribution >= 4 is 34.2 Å². The highest BCUT2D eigenvalue weighted by Gasteiger charge is 2.44. The fraction of sp³-hybridized carbons (Fsp3) is 0.125. The maximum atomic E-state index is 14.1. The highest BCUT2D eigenvalue weighted by molar-refractivity contribution is 6.31. The highest BCUT2D eigenvalue weighted by atomic mass is 35.5. The molecule has 8 heteroatoms. The van der Waals surface area contributed by atoms with Crippen molar-refractivity contribution in [2.24, 2.45) is 0 Å². The molecule has 6 nitrogen and oxygen atoms in total. The van der Waals surface area contributed by atoms with Crippen molar-refractivity contribution in [3.8, 4) is 11.5 Å². The van der Waals surface area contributed by atoms with E-state index in [0.717, 1.165) is 17.2 Å². The molecule has 1 amide bonds. The molecular weight excluding hydrogens is 533 g/mol. The van der Waals surface area contributed by atoms with Gasteiger partial charge in [-0.2, -0.15) is 0 Å². The van der Waals surface area contributed by atoms with Crippen molar-refractivity contribution in [3.63, 3.8) is 0 Å². The molecule has 2 heterocycles. The molecule has 6 rings (SSSR count). The smallest absolute Gasteiger partial charge is 0.295 e. The molecule has 1 aliphatic rings. The van der Waals surface area contributed by atoms with Gasteiger partial charge in [0.1, 0.15) is 18.0 Å². The maximum absolute atomic E-state index is 14.1. The van der Waals surface area contributed by atoms with Crippen molar-refractivity contribution < 1.29 is 23.1 Å². The summed E-state index contributed by atoms with van der Waals surface area (Å²) in [6.07, 6.45) is 0. The molecule has 0 spiro atoms. The van der Waals surface area contributed by atoms with E-state index in [4.69, 9.17) is 25.5 Å². The van der Waals surface area contributed by atoms with E-state index >= 15 is 0 Å². The standard InChI is InChI=1S/C32H23ClFNO5/c1-18-8-11-22(16-24(18)33)35-29(28-30(36)23-15-21(34)10-13-25(23)40-31(28)32(35)37)20-9-12-26(27(14-20)38-2)39-17-19-6-4-3-5-7-19/h3-16,29H,17H2,1-2H3. The number of rotatable bonds is 6. The van der Waals surface area contributed by atoms with Crippen LogP contribution in [-0.2, 0) is 6.61 Å². The molecule has 1 unspecified atom stereocenters. The minimum Gasteiger partial charge on any atom is -0.493 e. The van der Waals surface area contributed by atoms with Gasteiger partial charge in [0.25, 0.3) is 5.91 Å². The molecule has 0 bridgehead atoms. The van der Waals surface area contributed by atoms with Crippen molar-refractivity contribution in [2.75, 3.05) is 12.0 Å². The van der Waals surface area contributed by atoms with Gasteiger partial charge in [0.05, 0.1) is 24.1 Å². The molecule has 1 aromatic heterocycles. The van der Waals surface area contributed by atoms with E-state index < -0.39 is 23.2 Å². The van der Waals surface area contributed by atoms with Crippen LogP contribution in [-0.4, -0.2) is 13.0 Å². The first-order valence-electron chi connectivity index (χ1n) is 12.6. The largest absolute Gasteiger partial charge is 0.493 e. The van der Waals surface area contributed by atoms with E-state index in [1.54, 1.807) is 36.4 Å². The molecule has 5 aromatic rings. The predicted octanol–water partition coefficient (Wildman–Crippen LogP) is 7.23. The Morgan fingerprint density at radius 1 is 0.950 bits per heavy atom. The Kier molecular flexibility index (Phi) is 6.52. The first-order valence-corrected chi connectivity index (χ1v) is 12.9. The zero-order valence-electron chi connectivity index (χ0n) is 21.6. The lowest BCUT2D eigenvalue weighted by Gasteiger charge is -2.26. The number of nitrogens with zero attached hydrogens (tertiary/aromatic N) is 1. The van der Waals surface area contributed by atoms with Gasteiger partial charge in [-0.1, -0.05) is 54.1 Å². The van der Waals surface area contributed by atoms with Crippen molar-refractivity contribution in [2.45, 2.75) is 19.6 Å². The fourth-order valence-corrected chi connectivity index (χ4v) is 5.14. The van der Waals surface area contributed by atoms with Gasteiger partial charge in [-0.3, -0.25) is 14.5 Å². The van der Waals surface area contributed by atoms with Gasteiger partial charge in [0.15, 0.2) is 16.9 Å². The molecular formula is C32H23ClFNO5. The van der Waals surface area contributed by atoms with Gasteiger partial charge in [0.2, 0.25) is 5.76 Å². The Labute approximate surface area is 234 Å². The van der Waals surface area contributed by atoms with E-state index in [1.807, 2.05) is 37.3 Å². The average Bonchev–Trinajstić information content (AvgIpc) is 3.26. The summed E-state index contributed by atoms with van der Waals surface area (Å²) >= 11 is 6.43. The number of ether oxygens (including phenoxy) is 2. The molecule has 0 aliphatic carbocycles. The van der Waals surface area contributed by atoms with Crippen molar-refractivity contribution in [1.29, 1.82) is 0 Å². The van der Waals surface area contributed by atoms with Crippen LogP contribution in [0.5, 0.6) is 11.5 Å². The third-order valence-corrected chi connectivity index (χ3v) is 7.41. The van der Waals surface area contributed by atoms with Crippen LogP contribution in [0.1, 0.15) is 38.9 Å². The summed E-state index contributed by atoms with van der Waals surface area (Å²) in [6.45, 7) is 2.19. The van der Waals surface area contributed by atoms with Crippen molar-refractivity contribution in [1.82, 2.24) is 0 Å². The summed E-state index contributed by atoms with van der Waals surface area (Å²) in [7, 11) is 1.52. The van der Waals surface area contributed by atoms with Crippen LogP contribution < -0.4 is 19.8 Å². The summed E-state index contributed by atoms with van der Waals surface area (Å²) < 4.78 is 31.7. The fourth-order valence-electron chi connectivity index (χ4n) is 4.97. The van der Waals surface area contributed by atoms with E-state index in [1.165, 1.54) is 24.1 Å². The SMILES string of the molecule is COc1cc(C2c3c(oc4ccc(F)cc4c3=O)C(=O)N2c2ccc(C)c(Cl)c2)ccc1OCc1ccccc1. The zero-order chi connectivity index (χ0) is 28.0. The van der Waals surface area contributed by atoms with Crippen LogP contribution in [0.2, 0.25) is 5.02 Å². The second-order valence-corrected chi connectivity index (χ2v) is 9.92. The monoisotopic (exact) mass is 555 g/mol. The first-order chi connectivity index (χ1) is 19.4. The van der Waals surface area contributed by atoms with Gasteiger partial charge in [-0.15, -0.1) is 0 Å². The van der Waals surface area contributed by atoms with Gasteiger partial charge in [-0.05, 0) is 66.1 Å². The summed E-state index contributed by atoms with van der Waals surface area (Å²) in [5.74, 6) is -0.269. The van der Waals surface area contributed by atoms with E-state index in [0.29, 0.717) is 34.4 Å². The number of carbonyl (C=O) groups is 1. The number of hydrogen-bond acceptors (Lipinski definition) is 5. The molecule has 1 aliphatic heterocycles. The third-order valence-electron chi connectivity index (χ3n) is 7.01. The predicted molar refractivity (Wildman–Crippen MR) is 151 cm³/mol. The highest BCUT2D eigenvalue weighted by Crippen LogP contribution is 2.44. The number of fused-ring (bicyclic) bond motifs is 2. The van der Waals surface area contributed by atoms with Gasteiger partial charge in [-0.25, -0.2) is 4.39 Å². The van der Waals surface area contributed by atoms with E-state index in [-0.39, 0.29) is 22.3 Å². The third kappa shape index (κ3) is 4.38. The number of methoxy groups -OCH3 is 1. The van der Waals surface area contributed by atoms with Crippen LogP contribution in [0.4, 0.5) is 10.1 Å². The topological polar surface area (TPSA) is 69.0 Å². The number of amides is 1. The minimum atomic E-state index is -0.887. The molecule has 0 saturated heterocycles. The Hall–Kier alpha value is -4.62. The lowest BCUT2D eigenvalue weighted by atomic mass is 9.97. The average molecular weight is 556 g/mol. The number of benzene rings is 4. The van der Waals surface area contributed by atoms with Crippen LogP contribution in [0, 0.1) is 12.7 Å². The lowest BCUT2D eigenvalue weighted by Crippen LogP contribution is -2.29. The Bertz CT molecular complexity index is 1840. The second kappa shape index (κ2) is 10.2. The van der Waals surface area contributed by atoms with Gasteiger partial charge < -0.3 is 13.9 Å². The number of anilines is 1. The number of aryl methyl sites for hydroxylation is 1. The summed E-state index contributed by atoms with van der Waals surface area (Å²) in [5, 5.41) is 0.517. The molecule has 0 saturated carbocycles. The lowest BCUT2D eigenvalue weighted by molar-refractivity contribution is 0.0971. The van der Waals surface area contributed by atoms with Crippen LogP contribution in [0.3, 0.4) is 0 Å². The second-order valence-electron chi connectivity index (χ2n) is 9.51. The van der Waals surface area contributed by atoms with Crippen LogP contribution in [0.25, 0.3) is 11.0 Å². The Morgan fingerprint density at radius 2 is 1.75 bits per heavy atom. The summed E-state index contributed by atoms with van der Waals surface area (Å²) in [6, 6.07) is 22.9. The molecule has 40 heavy (non-hydrogen) atoms. The molecule has 0 radical (unpaired) electrons. The molecule has 0 N–H and O–H groups in total. The molecule has 0 fully saturated rings. The van der Waals surface area contributed by atoms with Crippen molar-refractivity contribution in [3.05, 3.63) is 134 Å². The van der Waals surface area contributed by atoms with Gasteiger partial charge in [0, 0.05) is 10.7 Å². The first kappa shape index (κ1) is 25.6. The summed E-state index contributed by atoms with van der Waals surface area (Å²) in [4.78, 5) is 29.1. The Morgan fingerprint density at radius 3 is 2.50 bits per heavy atom. The molecule has 4 aromatic carbocycles. The minimum absolute atomic E-state index is 0.0510. The number of halogens is 2. The van der Waals surface area contributed by atoms with Crippen LogP contribution in [0.15, 0.2) is 94.1 Å². The van der Waals surface area contributed by atoms with E-state index in [9.17, 15) is 14.0 Å². The summed E-state index contributed by atoms with van der Waals surface area (Å²) in [5.41, 5.74) is 2.64. The quantitative estimate of drug-likeness (QED) is 0.221. The normalized spacial score (nSPS) is 14.4. The molecule has 200 valence electrons. The molecule has 1 atom stereocenters. The van der Waals surface area contributed by atoms with Gasteiger partial charge >= 0.3 is 0 Å². The Balaban J connectivity index is 1.51. The number of carbonyl (C=O) groups excluding carboxylic acids is 1. The van der Waals surface area contributed by atoms with Crippen LogP contribution >= 0.6 is 11.6 Å².